The smallest absolute Gasteiger partial charge is 0.0102 e. The summed E-state index contributed by atoms with van der Waals surface area (Å²) in [5.74, 6) is 0. The van der Waals surface area contributed by atoms with Crippen molar-refractivity contribution in [1.29, 1.82) is 0 Å². The lowest BCUT2D eigenvalue weighted by Crippen LogP contribution is -1.92. The van der Waals surface area contributed by atoms with Gasteiger partial charge >= 0.3 is 0 Å². The first kappa shape index (κ1) is 13.1. The van der Waals surface area contributed by atoms with Gasteiger partial charge in [0, 0.05) is 0 Å². The molecule has 0 radical (unpaired) electrons. The van der Waals surface area contributed by atoms with E-state index >= 15 is 0 Å². The van der Waals surface area contributed by atoms with Gasteiger partial charge in [0.25, 0.3) is 0 Å². The molecule has 0 N–H and O–H groups in total. The molecule has 22 heavy (non-hydrogen) atoms. The summed E-state index contributed by atoms with van der Waals surface area (Å²) in [5.41, 5.74) is 6.62. The van der Waals surface area contributed by atoms with Crippen molar-refractivity contribution in [2.75, 3.05) is 0 Å². The van der Waals surface area contributed by atoms with Crippen molar-refractivity contribution in [2.45, 2.75) is 13.3 Å². The predicted molar refractivity (Wildman–Crippen MR) is 95.9 cm³/mol. The van der Waals surface area contributed by atoms with Crippen molar-refractivity contribution in [3.8, 4) is 0 Å². The molecular weight excluding hydrogens is 264 g/mol. The monoisotopic (exact) mass is 282 g/mol. The van der Waals surface area contributed by atoms with Gasteiger partial charge < -0.3 is 0 Å². The third-order valence-corrected chi connectivity index (χ3v) is 4.33. The highest BCUT2D eigenvalue weighted by atomic mass is 14.2. The van der Waals surface area contributed by atoms with Crippen LogP contribution in [-0.4, -0.2) is 0 Å². The molecule has 0 atom stereocenters. The second kappa shape index (κ2) is 5.31. The molecule has 0 unspecified atom stereocenters. The van der Waals surface area contributed by atoms with Gasteiger partial charge in [0.15, 0.2) is 0 Å². The van der Waals surface area contributed by atoms with Crippen LogP contribution in [0.25, 0.3) is 22.4 Å². The summed E-state index contributed by atoms with van der Waals surface area (Å²) < 4.78 is 0. The van der Waals surface area contributed by atoms with E-state index in [0.717, 1.165) is 6.42 Å². The fourth-order valence-electron chi connectivity index (χ4n) is 3.28. The van der Waals surface area contributed by atoms with Gasteiger partial charge in [-0.3, -0.25) is 0 Å². The molecule has 0 spiro atoms. The molecule has 1 aliphatic carbocycles. The van der Waals surface area contributed by atoms with Crippen molar-refractivity contribution in [3.05, 3.63) is 95.1 Å². The molecule has 0 aliphatic heterocycles. The maximum atomic E-state index is 2.34. The average Bonchev–Trinajstić information content (AvgIpc) is 2.77. The third-order valence-electron chi connectivity index (χ3n) is 4.33. The van der Waals surface area contributed by atoms with E-state index in [1.54, 1.807) is 0 Å². The van der Waals surface area contributed by atoms with Gasteiger partial charge in [-0.25, -0.2) is 0 Å². The SMILES string of the molecule is Cc1cccc(C2=CCC=Cc3c2ccc2ccccc32)c1. The molecule has 1 aliphatic rings. The topological polar surface area (TPSA) is 0 Å². The minimum absolute atomic E-state index is 0.978. The number of rotatable bonds is 1. The maximum absolute atomic E-state index is 2.34. The summed E-state index contributed by atoms with van der Waals surface area (Å²) >= 11 is 0. The Morgan fingerprint density at radius 1 is 0.864 bits per heavy atom. The second-order valence-electron chi connectivity index (χ2n) is 5.87. The molecular formula is C22H18. The number of hydrogen-bond acceptors (Lipinski definition) is 0. The zero-order chi connectivity index (χ0) is 14.9. The molecule has 3 aromatic carbocycles. The first-order chi connectivity index (χ1) is 10.8. The molecule has 0 saturated heterocycles. The third kappa shape index (κ3) is 2.17. The van der Waals surface area contributed by atoms with Crippen LogP contribution in [0.3, 0.4) is 0 Å². The Morgan fingerprint density at radius 3 is 2.68 bits per heavy atom. The molecule has 3 aromatic rings. The van der Waals surface area contributed by atoms with Gasteiger partial charge in [-0.2, -0.15) is 0 Å². The van der Waals surface area contributed by atoms with Gasteiger partial charge in [-0.05, 0) is 46.4 Å². The normalized spacial score (nSPS) is 13.6. The lowest BCUT2D eigenvalue weighted by molar-refractivity contribution is 1.40. The Morgan fingerprint density at radius 2 is 1.77 bits per heavy atom. The van der Waals surface area contributed by atoms with Crippen LogP contribution in [0.15, 0.2) is 72.8 Å². The summed E-state index contributed by atoms with van der Waals surface area (Å²) in [4.78, 5) is 0. The molecule has 106 valence electrons. The molecule has 0 nitrogen and oxygen atoms in total. The van der Waals surface area contributed by atoms with Crippen LogP contribution in [-0.2, 0) is 0 Å². The summed E-state index contributed by atoms with van der Waals surface area (Å²) in [6.07, 6.45) is 7.85. The zero-order valence-electron chi connectivity index (χ0n) is 12.7. The fraction of sp³-hybridized carbons (Fsp3) is 0.0909. The van der Waals surface area contributed by atoms with Crippen LogP contribution in [0.5, 0.6) is 0 Å². The highest BCUT2D eigenvalue weighted by molar-refractivity contribution is 5.98. The van der Waals surface area contributed by atoms with E-state index in [1.165, 1.54) is 38.6 Å². The van der Waals surface area contributed by atoms with E-state index in [9.17, 15) is 0 Å². The molecule has 0 fully saturated rings. The van der Waals surface area contributed by atoms with Crippen molar-refractivity contribution in [1.82, 2.24) is 0 Å². The number of aryl methyl sites for hydroxylation is 1. The first-order valence-electron chi connectivity index (χ1n) is 7.79. The molecule has 0 heteroatoms. The summed E-state index contributed by atoms with van der Waals surface area (Å²) in [7, 11) is 0. The van der Waals surface area contributed by atoms with E-state index in [0.29, 0.717) is 0 Å². The van der Waals surface area contributed by atoms with Gasteiger partial charge in [0.05, 0.1) is 0 Å². The zero-order valence-corrected chi connectivity index (χ0v) is 12.7. The summed E-state index contributed by atoms with van der Waals surface area (Å²) in [6.45, 7) is 2.15. The predicted octanol–water partition coefficient (Wildman–Crippen LogP) is 6.00. The molecule has 0 amide bonds. The Balaban J connectivity index is 1.99. The molecule has 4 rings (SSSR count). The van der Waals surface area contributed by atoms with E-state index in [2.05, 4.69) is 85.8 Å². The maximum Gasteiger partial charge on any atom is -0.0102 e. The Bertz CT molecular complexity index is 910. The quantitative estimate of drug-likeness (QED) is 0.513. The molecule has 0 saturated carbocycles. The standard InChI is InChI=1S/C22H18/c1-16-7-6-9-18(15-16)20-11-4-5-12-21-19-10-3-2-8-17(19)13-14-22(20)21/h2-3,5-15H,4H2,1H3. The number of fused-ring (bicyclic) bond motifs is 3. The minimum Gasteiger partial charge on any atom is -0.0801 e. The summed E-state index contributed by atoms with van der Waals surface area (Å²) in [6, 6.07) is 21.9. The van der Waals surface area contributed by atoms with Gasteiger partial charge in [-0.15, -0.1) is 0 Å². The lowest BCUT2D eigenvalue weighted by Gasteiger charge is -2.13. The van der Waals surface area contributed by atoms with Crippen LogP contribution in [0.1, 0.15) is 28.7 Å². The largest absolute Gasteiger partial charge is 0.0801 e. The summed E-state index contributed by atoms with van der Waals surface area (Å²) in [5, 5.41) is 2.63. The van der Waals surface area contributed by atoms with Gasteiger partial charge in [-0.1, -0.05) is 84.5 Å². The van der Waals surface area contributed by atoms with Crippen LogP contribution >= 0.6 is 0 Å². The van der Waals surface area contributed by atoms with Crippen LogP contribution in [0.4, 0.5) is 0 Å². The highest BCUT2D eigenvalue weighted by Gasteiger charge is 2.13. The van der Waals surface area contributed by atoms with E-state index in [4.69, 9.17) is 0 Å². The Kier molecular flexibility index (Phi) is 3.16. The first-order valence-corrected chi connectivity index (χ1v) is 7.79. The van der Waals surface area contributed by atoms with Crippen molar-refractivity contribution in [2.24, 2.45) is 0 Å². The second-order valence-corrected chi connectivity index (χ2v) is 5.87. The van der Waals surface area contributed by atoms with Gasteiger partial charge in [0.2, 0.25) is 0 Å². The molecule has 0 heterocycles. The Labute approximate surface area is 131 Å². The van der Waals surface area contributed by atoms with Crippen LogP contribution in [0, 0.1) is 6.92 Å². The van der Waals surface area contributed by atoms with E-state index in [-0.39, 0.29) is 0 Å². The lowest BCUT2D eigenvalue weighted by atomic mass is 9.90. The fourth-order valence-corrected chi connectivity index (χ4v) is 3.28. The number of allylic oxidation sites excluding steroid dienone is 2. The van der Waals surface area contributed by atoms with E-state index in [1.807, 2.05) is 0 Å². The van der Waals surface area contributed by atoms with Crippen molar-refractivity contribution < 1.29 is 0 Å². The molecule has 0 bridgehead atoms. The number of hydrogen-bond donors (Lipinski definition) is 0. The van der Waals surface area contributed by atoms with Crippen LogP contribution < -0.4 is 0 Å². The Hall–Kier alpha value is -2.60. The van der Waals surface area contributed by atoms with Crippen LogP contribution in [0.2, 0.25) is 0 Å². The van der Waals surface area contributed by atoms with Crippen molar-refractivity contribution >= 4 is 22.4 Å². The van der Waals surface area contributed by atoms with Gasteiger partial charge in [0.1, 0.15) is 0 Å². The average molecular weight is 282 g/mol. The molecule has 0 aromatic heterocycles. The highest BCUT2D eigenvalue weighted by Crippen LogP contribution is 2.34. The minimum atomic E-state index is 0.978. The van der Waals surface area contributed by atoms with E-state index < -0.39 is 0 Å². The number of benzene rings is 3. The van der Waals surface area contributed by atoms with Crippen molar-refractivity contribution in [3.63, 3.8) is 0 Å².